The Morgan fingerprint density at radius 1 is 1.04 bits per heavy atom. The quantitative estimate of drug-likeness (QED) is 0.571. The maximum absolute atomic E-state index is 12.0. The summed E-state index contributed by atoms with van der Waals surface area (Å²) < 4.78 is 0. The van der Waals surface area contributed by atoms with Crippen LogP contribution < -0.4 is 15.5 Å². The SMILES string of the molecule is Cc1c(Cl)cccc1NC(=O)C(=O)NCCCc1ccc(N2CCCC2)cc1. The molecule has 1 aliphatic heterocycles. The largest absolute Gasteiger partial charge is 0.372 e. The molecule has 1 heterocycles. The van der Waals surface area contributed by atoms with Crippen molar-refractivity contribution < 1.29 is 9.59 Å². The highest BCUT2D eigenvalue weighted by molar-refractivity contribution is 6.40. The van der Waals surface area contributed by atoms with Crippen molar-refractivity contribution in [1.29, 1.82) is 0 Å². The molecule has 0 bridgehead atoms. The summed E-state index contributed by atoms with van der Waals surface area (Å²) in [7, 11) is 0. The number of carbonyl (C=O) groups is 2. The Morgan fingerprint density at radius 3 is 2.46 bits per heavy atom. The lowest BCUT2D eigenvalue weighted by Crippen LogP contribution is -2.36. The molecular formula is C22H26ClN3O2. The van der Waals surface area contributed by atoms with E-state index in [2.05, 4.69) is 39.8 Å². The van der Waals surface area contributed by atoms with Crippen LogP contribution in [0.2, 0.25) is 5.02 Å². The van der Waals surface area contributed by atoms with Crippen LogP contribution in [0.1, 0.15) is 30.4 Å². The van der Waals surface area contributed by atoms with E-state index in [0.717, 1.165) is 31.5 Å². The van der Waals surface area contributed by atoms with E-state index >= 15 is 0 Å². The minimum Gasteiger partial charge on any atom is -0.372 e. The fourth-order valence-electron chi connectivity index (χ4n) is 3.35. The standard InChI is InChI=1S/C22H26ClN3O2/c1-16-19(23)7-4-8-20(16)25-22(28)21(27)24-13-5-6-17-9-11-18(12-10-17)26-14-2-3-15-26/h4,7-12H,2-3,5-6,13-15H2,1H3,(H,24,27)(H,25,28). The van der Waals surface area contributed by atoms with Gasteiger partial charge in [-0.25, -0.2) is 0 Å². The van der Waals surface area contributed by atoms with Gasteiger partial charge in [-0.15, -0.1) is 0 Å². The van der Waals surface area contributed by atoms with Gasteiger partial charge >= 0.3 is 11.8 Å². The molecule has 2 N–H and O–H groups in total. The number of carbonyl (C=O) groups excluding carboxylic acids is 2. The lowest BCUT2D eigenvalue weighted by molar-refractivity contribution is -0.136. The molecule has 0 spiro atoms. The van der Waals surface area contributed by atoms with Gasteiger partial charge in [0.05, 0.1) is 0 Å². The number of amides is 2. The van der Waals surface area contributed by atoms with E-state index in [-0.39, 0.29) is 0 Å². The molecule has 0 radical (unpaired) electrons. The minimum absolute atomic E-state index is 0.453. The molecule has 2 aromatic rings. The normalized spacial score (nSPS) is 13.4. The number of hydrogen-bond donors (Lipinski definition) is 2. The third kappa shape index (κ3) is 5.26. The Hall–Kier alpha value is -2.53. The summed E-state index contributed by atoms with van der Waals surface area (Å²) in [5.41, 5.74) is 3.80. The van der Waals surface area contributed by atoms with Crippen LogP contribution in [-0.4, -0.2) is 31.4 Å². The van der Waals surface area contributed by atoms with E-state index < -0.39 is 11.8 Å². The van der Waals surface area contributed by atoms with Gasteiger partial charge < -0.3 is 15.5 Å². The van der Waals surface area contributed by atoms with Gasteiger partial charge in [0.2, 0.25) is 0 Å². The molecule has 0 saturated carbocycles. The first kappa shape index (κ1) is 20.2. The summed E-state index contributed by atoms with van der Waals surface area (Å²) in [6.07, 6.45) is 4.17. The van der Waals surface area contributed by atoms with Crippen molar-refractivity contribution in [3.8, 4) is 0 Å². The number of nitrogens with zero attached hydrogens (tertiary/aromatic N) is 1. The first-order valence-corrected chi connectivity index (χ1v) is 10.1. The molecule has 0 aromatic heterocycles. The molecule has 2 aromatic carbocycles. The molecule has 0 unspecified atom stereocenters. The van der Waals surface area contributed by atoms with E-state index in [1.165, 1.54) is 24.1 Å². The maximum atomic E-state index is 12.0. The van der Waals surface area contributed by atoms with Gasteiger partial charge in [-0.05, 0) is 68.0 Å². The second-order valence-corrected chi connectivity index (χ2v) is 7.49. The van der Waals surface area contributed by atoms with Crippen LogP contribution in [-0.2, 0) is 16.0 Å². The number of halogens is 1. The van der Waals surface area contributed by atoms with Crippen LogP contribution in [0.25, 0.3) is 0 Å². The van der Waals surface area contributed by atoms with Crippen molar-refractivity contribution in [2.45, 2.75) is 32.6 Å². The second-order valence-electron chi connectivity index (χ2n) is 7.09. The summed E-state index contributed by atoms with van der Waals surface area (Å²) >= 11 is 6.03. The van der Waals surface area contributed by atoms with Crippen molar-refractivity contribution >= 4 is 34.8 Å². The van der Waals surface area contributed by atoms with E-state index in [1.54, 1.807) is 25.1 Å². The zero-order valence-electron chi connectivity index (χ0n) is 16.1. The van der Waals surface area contributed by atoms with Crippen LogP contribution in [0.15, 0.2) is 42.5 Å². The van der Waals surface area contributed by atoms with Crippen molar-refractivity contribution in [2.75, 3.05) is 29.9 Å². The van der Waals surface area contributed by atoms with Crippen LogP contribution in [0, 0.1) is 6.92 Å². The Bertz CT molecular complexity index is 830. The van der Waals surface area contributed by atoms with Crippen molar-refractivity contribution in [3.63, 3.8) is 0 Å². The van der Waals surface area contributed by atoms with Crippen molar-refractivity contribution in [3.05, 3.63) is 58.6 Å². The smallest absolute Gasteiger partial charge is 0.313 e. The Balaban J connectivity index is 1.40. The fraction of sp³-hybridized carbons (Fsp3) is 0.364. The van der Waals surface area contributed by atoms with Crippen LogP contribution in [0.4, 0.5) is 11.4 Å². The molecule has 6 heteroatoms. The van der Waals surface area contributed by atoms with Crippen LogP contribution in [0.3, 0.4) is 0 Å². The molecule has 3 rings (SSSR count). The molecule has 148 valence electrons. The number of anilines is 2. The highest BCUT2D eigenvalue weighted by Gasteiger charge is 2.15. The van der Waals surface area contributed by atoms with Gasteiger partial charge in [0.15, 0.2) is 0 Å². The number of rotatable bonds is 6. The zero-order chi connectivity index (χ0) is 19.9. The molecule has 2 amide bonds. The van der Waals surface area contributed by atoms with E-state index in [0.29, 0.717) is 17.3 Å². The summed E-state index contributed by atoms with van der Waals surface area (Å²) in [5.74, 6) is -1.32. The monoisotopic (exact) mass is 399 g/mol. The molecule has 28 heavy (non-hydrogen) atoms. The van der Waals surface area contributed by atoms with Crippen molar-refractivity contribution in [2.24, 2.45) is 0 Å². The van der Waals surface area contributed by atoms with Crippen molar-refractivity contribution in [1.82, 2.24) is 5.32 Å². The summed E-state index contributed by atoms with van der Waals surface area (Å²) in [6, 6.07) is 13.8. The highest BCUT2D eigenvalue weighted by Crippen LogP contribution is 2.23. The number of nitrogens with one attached hydrogen (secondary N) is 2. The average molecular weight is 400 g/mol. The summed E-state index contributed by atoms with van der Waals surface area (Å²) in [6.45, 7) is 4.53. The minimum atomic E-state index is -0.680. The zero-order valence-corrected chi connectivity index (χ0v) is 16.9. The molecule has 1 saturated heterocycles. The fourth-order valence-corrected chi connectivity index (χ4v) is 3.52. The van der Waals surface area contributed by atoms with Gasteiger partial charge in [-0.2, -0.15) is 0 Å². The topological polar surface area (TPSA) is 61.4 Å². The molecule has 0 atom stereocenters. The third-order valence-electron chi connectivity index (χ3n) is 5.06. The predicted octanol–water partition coefficient (Wildman–Crippen LogP) is 3.94. The molecule has 5 nitrogen and oxygen atoms in total. The van der Waals surface area contributed by atoms with E-state index in [1.807, 2.05) is 0 Å². The molecule has 1 fully saturated rings. The Morgan fingerprint density at radius 2 is 1.75 bits per heavy atom. The van der Waals surface area contributed by atoms with Crippen LogP contribution >= 0.6 is 11.6 Å². The second kappa shape index (κ2) is 9.60. The molecular weight excluding hydrogens is 374 g/mol. The summed E-state index contributed by atoms with van der Waals surface area (Å²) in [4.78, 5) is 26.4. The lowest BCUT2D eigenvalue weighted by Gasteiger charge is -2.17. The average Bonchev–Trinajstić information content (AvgIpc) is 3.24. The van der Waals surface area contributed by atoms with Gasteiger partial charge in [0, 0.05) is 36.0 Å². The van der Waals surface area contributed by atoms with E-state index in [9.17, 15) is 9.59 Å². The number of benzene rings is 2. The maximum Gasteiger partial charge on any atom is 0.313 e. The predicted molar refractivity (Wildman–Crippen MR) is 114 cm³/mol. The highest BCUT2D eigenvalue weighted by atomic mass is 35.5. The number of aryl methyl sites for hydroxylation is 1. The van der Waals surface area contributed by atoms with Gasteiger partial charge in [0.25, 0.3) is 0 Å². The molecule has 0 aliphatic carbocycles. The molecule has 1 aliphatic rings. The first-order valence-electron chi connectivity index (χ1n) is 9.73. The van der Waals surface area contributed by atoms with Gasteiger partial charge in [-0.1, -0.05) is 29.8 Å². The Labute approximate surface area is 171 Å². The third-order valence-corrected chi connectivity index (χ3v) is 5.47. The first-order chi connectivity index (χ1) is 13.5. The number of hydrogen-bond acceptors (Lipinski definition) is 3. The lowest BCUT2D eigenvalue weighted by atomic mass is 10.1. The van der Waals surface area contributed by atoms with Gasteiger partial charge in [0.1, 0.15) is 0 Å². The van der Waals surface area contributed by atoms with Crippen LogP contribution in [0.5, 0.6) is 0 Å². The van der Waals surface area contributed by atoms with E-state index in [4.69, 9.17) is 11.6 Å². The van der Waals surface area contributed by atoms with Gasteiger partial charge in [-0.3, -0.25) is 9.59 Å². The summed E-state index contributed by atoms with van der Waals surface area (Å²) in [5, 5.41) is 5.82. The Kier molecular flexibility index (Phi) is 6.93.